The van der Waals surface area contributed by atoms with E-state index < -0.39 is 22.7 Å². The molecule has 0 aliphatic carbocycles. The molecule has 0 spiro atoms. The zero-order valence-corrected chi connectivity index (χ0v) is 5.88. The number of alkyl halides is 2. The second kappa shape index (κ2) is 3.12. The van der Waals surface area contributed by atoms with Gasteiger partial charge in [0.25, 0.3) is 6.43 Å². The molecule has 0 rings (SSSR count). The van der Waals surface area contributed by atoms with Gasteiger partial charge in [0.1, 0.15) is 0 Å². The molecule has 56 valence electrons. The summed E-state index contributed by atoms with van der Waals surface area (Å²) < 4.78 is 35.3. The van der Waals surface area contributed by atoms with E-state index in [9.17, 15) is 13.0 Å². The van der Waals surface area contributed by atoms with Crippen LogP contribution < -0.4 is 4.72 Å². The van der Waals surface area contributed by atoms with Crippen molar-refractivity contribution in [1.82, 2.24) is 4.72 Å². The van der Waals surface area contributed by atoms with E-state index in [1.54, 1.807) is 0 Å². The van der Waals surface area contributed by atoms with Gasteiger partial charge in [-0.25, -0.2) is 13.5 Å². The normalized spacial score (nSPS) is 17.8. The maximum absolute atomic E-state index is 11.3. The molecule has 0 amide bonds. The summed E-state index contributed by atoms with van der Waals surface area (Å²) in [4.78, 5) is 0. The highest BCUT2D eigenvalue weighted by Gasteiger charge is 2.02. The SMILES string of the molecule is C=S(C)(=O)NCC(F)F. The highest BCUT2D eigenvalue weighted by Crippen LogP contribution is 1.88. The van der Waals surface area contributed by atoms with Gasteiger partial charge in [-0.1, -0.05) is 0 Å². The van der Waals surface area contributed by atoms with Gasteiger partial charge < -0.3 is 0 Å². The molecular formula is C4H9F2NOS. The van der Waals surface area contributed by atoms with E-state index in [1.165, 1.54) is 6.26 Å². The molecule has 9 heavy (non-hydrogen) atoms. The minimum absolute atomic E-state index is 0.557. The Labute approximate surface area is 53.4 Å². The number of hydrogen-bond donors (Lipinski definition) is 1. The van der Waals surface area contributed by atoms with Crippen LogP contribution in [0.3, 0.4) is 0 Å². The first-order chi connectivity index (χ1) is 3.92. The van der Waals surface area contributed by atoms with Crippen LogP contribution in [-0.2, 0) is 9.71 Å². The topological polar surface area (TPSA) is 29.1 Å². The lowest BCUT2D eigenvalue weighted by molar-refractivity contribution is 0.154. The lowest BCUT2D eigenvalue weighted by Gasteiger charge is -2.02. The van der Waals surface area contributed by atoms with E-state index in [4.69, 9.17) is 0 Å². The summed E-state index contributed by atoms with van der Waals surface area (Å²) in [6.45, 7) is -0.557. The zero-order valence-electron chi connectivity index (χ0n) is 5.06. The Kier molecular flexibility index (Phi) is 3.07. The Morgan fingerprint density at radius 3 is 2.33 bits per heavy atom. The van der Waals surface area contributed by atoms with Crippen LogP contribution in [0.1, 0.15) is 0 Å². The van der Waals surface area contributed by atoms with Gasteiger partial charge in [0, 0.05) is 16.0 Å². The van der Waals surface area contributed by atoms with Gasteiger partial charge in [0.15, 0.2) is 0 Å². The predicted molar refractivity (Wildman–Crippen MR) is 35.2 cm³/mol. The minimum atomic E-state index is -2.47. The second-order valence-corrected chi connectivity index (χ2v) is 4.04. The number of hydrogen-bond acceptors (Lipinski definition) is 1. The molecule has 0 radical (unpaired) electrons. The molecule has 0 aromatic heterocycles. The molecule has 0 fully saturated rings. The highest BCUT2D eigenvalue weighted by atomic mass is 32.2. The molecule has 1 atom stereocenters. The third kappa shape index (κ3) is 7.84. The van der Waals surface area contributed by atoms with Gasteiger partial charge >= 0.3 is 0 Å². The molecule has 0 heterocycles. The molecule has 0 aromatic rings. The summed E-state index contributed by atoms with van der Waals surface area (Å²) >= 11 is 0. The summed E-state index contributed by atoms with van der Waals surface area (Å²) in [6, 6.07) is 0. The molecular weight excluding hydrogens is 148 g/mol. The summed E-state index contributed by atoms with van der Waals surface area (Å²) in [5, 5.41) is 0. The van der Waals surface area contributed by atoms with E-state index in [2.05, 4.69) is 10.6 Å². The number of nitrogens with one attached hydrogen (secondary N) is 1. The van der Waals surface area contributed by atoms with Crippen LogP contribution in [0.5, 0.6) is 0 Å². The van der Waals surface area contributed by atoms with Crippen molar-refractivity contribution in [3.05, 3.63) is 0 Å². The van der Waals surface area contributed by atoms with E-state index in [0.717, 1.165) is 0 Å². The molecule has 1 unspecified atom stereocenters. The average molecular weight is 157 g/mol. The zero-order chi connectivity index (χ0) is 7.49. The Morgan fingerprint density at radius 1 is 1.78 bits per heavy atom. The van der Waals surface area contributed by atoms with Crippen molar-refractivity contribution >= 4 is 15.6 Å². The van der Waals surface area contributed by atoms with Crippen LogP contribution in [0.15, 0.2) is 0 Å². The summed E-state index contributed by atoms with van der Waals surface area (Å²) in [5.41, 5.74) is 0. The van der Waals surface area contributed by atoms with E-state index in [0.29, 0.717) is 0 Å². The number of rotatable bonds is 3. The monoisotopic (exact) mass is 157 g/mol. The van der Waals surface area contributed by atoms with Crippen molar-refractivity contribution in [2.24, 2.45) is 0 Å². The summed E-state index contributed by atoms with van der Waals surface area (Å²) in [7, 11) is -2.45. The smallest absolute Gasteiger partial charge is 0.251 e. The van der Waals surface area contributed by atoms with Crippen LogP contribution in [-0.4, -0.2) is 29.3 Å². The molecule has 0 bridgehead atoms. The van der Waals surface area contributed by atoms with E-state index in [1.807, 2.05) is 0 Å². The Balaban J connectivity index is 3.53. The third-order valence-corrected chi connectivity index (χ3v) is 1.32. The van der Waals surface area contributed by atoms with Gasteiger partial charge in [-0.3, -0.25) is 4.21 Å². The fourth-order valence-electron chi connectivity index (χ4n) is 0.239. The van der Waals surface area contributed by atoms with E-state index >= 15 is 0 Å². The van der Waals surface area contributed by atoms with Gasteiger partial charge in [-0.15, -0.1) is 0 Å². The summed E-state index contributed by atoms with van der Waals surface area (Å²) in [5.74, 6) is 3.13. The van der Waals surface area contributed by atoms with Crippen LogP contribution in [0.25, 0.3) is 0 Å². The molecule has 2 nitrogen and oxygen atoms in total. The third-order valence-electron chi connectivity index (χ3n) is 0.543. The first kappa shape index (κ1) is 8.84. The van der Waals surface area contributed by atoms with Gasteiger partial charge in [-0.05, 0) is 5.87 Å². The van der Waals surface area contributed by atoms with Crippen molar-refractivity contribution in [3.8, 4) is 0 Å². The molecule has 5 heteroatoms. The Morgan fingerprint density at radius 2 is 2.22 bits per heavy atom. The first-order valence-corrected chi connectivity index (χ1v) is 4.40. The van der Waals surface area contributed by atoms with Gasteiger partial charge in [0.2, 0.25) is 0 Å². The van der Waals surface area contributed by atoms with Crippen LogP contribution >= 0.6 is 0 Å². The van der Waals surface area contributed by atoms with Crippen molar-refractivity contribution in [3.63, 3.8) is 0 Å². The standard InChI is InChI=1S/C4H9F2NOS/c1-9(2,8)7-3-4(5)6/h4H,1,3H2,2H3,(H,7,8). The first-order valence-electron chi connectivity index (χ1n) is 2.27. The summed E-state index contributed by atoms with van der Waals surface area (Å²) in [6.07, 6.45) is -1.19. The second-order valence-electron chi connectivity index (χ2n) is 1.74. The average Bonchev–Trinajstić information content (AvgIpc) is 1.59. The van der Waals surface area contributed by atoms with Gasteiger partial charge in [-0.2, -0.15) is 0 Å². The molecule has 0 saturated heterocycles. The van der Waals surface area contributed by atoms with Crippen molar-refractivity contribution < 1.29 is 13.0 Å². The quantitative estimate of drug-likeness (QED) is 0.578. The minimum Gasteiger partial charge on any atom is -0.253 e. The molecule has 0 aromatic carbocycles. The fraction of sp³-hybridized carbons (Fsp3) is 0.750. The lowest BCUT2D eigenvalue weighted by atomic mass is 10.7. The van der Waals surface area contributed by atoms with Crippen molar-refractivity contribution in [1.29, 1.82) is 0 Å². The maximum atomic E-state index is 11.3. The highest BCUT2D eigenvalue weighted by molar-refractivity contribution is 7.97. The van der Waals surface area contributed by atoms with Crippen molar-refractivity contribution in [2.45, 2.75) is 6.43 Å². The maximum Gasteiger partial charge on any atom is 0.251 e. The van der Waals surface area contributed by atoms with Gasteiger partial charge in [0.05, 0.1) is 6.54 Å². The largest absolute Gasteiger partial charge is 0.253 e. The van der Waals surface area contributed by atoms with E-state index in [-0.39, 0.29) is 0 Å². The number of halogens is 2. The van der Waals surface area contributed by atoms with Crippen LogP contribution in [0.4, 0.5) is 8.78 Å². The predicted octanol–water partition coefficient (Wildman–Crippen LogP) is 0.102. The molecule has 1 N–H and O–H groups in total. The fourth-order valence-corrected chi connectivity index (χ4v) is 0.718. The molecule has 0 saturated carbocycles. The Hall–Kier alpha value is -0.160. The molecule has 0 aliphatic heterocycles. The van der Waals surface area contributed by atoms with Crippen molar-refractivity contribution in [2.75, 3.05) is 12.8 Å². The molecule has 0 aliphatic rings. The Bertz CT molecular complexity index is 163. The lowest BCUT2D eigenvalue weighted by Crippen LogP contribution is -2.26. The van der Waals surface area contributed by atoms with Crippen LogP contribution in [0.2, 0.25) is 0 Å². The van der Waals surface area contributed by atoms with Crippen LogP contribution in [0, 0.1) is 0 Å².